The molecular weight excluding hydrogens is 276 g/mol. The second-order valence-electron chi connectivity index (χ2n) is 4.82. The summed E-state index contributed by atoms with van der Waals surface area (Å²) in [6.45, 7) is 6.27. The van der Waals surface area contributed by atoms with Gasteiger partial charge in [-0.2, -0.15) is 0 Å². The van der Waals surface area contributed by atoms with Crippen LogP contribution in [0.3, 0.4) is 0 Å². The summed E-state index contributed by atoms with van der Waals surface area (Å²) in [6, 6.07) is 7.87. The zero-order valence-corrected chi connectivity index (χ0v) is 12.9. The average molecular weight is 293 g/mol. The molecule has 0 spiro atoms. The number of aryl methyl sites for hydroxylation is 1. The summed E-state index contributed by atoms with van der Waals surface area (Å²) in [5.74, 6) is 0.538. The van der Waals surface area contributed by atoms with Gasteiger partial charge in [0.15, 0.2) is 0 Å². The lowest BCUT2D eigenvalue weighted by atomic mass is 9.96. The number of hydrogen-bond acceptors (Lipinski definition) is 2. The Morgan fingerprint density at radius 3 is 2.42 bits per heavy atom. The van der Waals surface area contributed by atoms with E-state index in [1.807, 2.05) is 36.6 Å². The third-order valence-electron chi connectivity index (χ3n) is 3.46. The first-order valence-corrected chi connectivity index (χ1v) is 7.68. The van der Waals surface area contributed by atoms with Crippen molar-refractivity contribution in [2.24, 2.45) is 0 Å². The number of benzene rings is 1. The van der Waals surface area contributed by atoms with Crippen LogP contribution < -0.4 is 0 Å². The molecule has 0 fully saturated rings. The lowest BCUT2D eigenvalue weighted by Crippen LogP contribution is -2.00. The Balaban J connectivity index is 2.28. The normalized spacial score (nSPS) is 12.4. The molecule has 0 N–H and O–H groups in total. The predicted molar refractivity (Wildman–Crippen MR) is 82.6 cm³/mol. The molecule has 0 amide bonds. The van der Waals surface area contributed by atoms with Crippen molar-refractivity contribution in [1.82, 2.24) is 0 Å². The van der Waals surface area contributed by atoms with Crippen LogP contribution in [0, 0.1) is 6.92 Å². The molecule has 1 atom stereocenters. The summed E-state index contributed by atoms with van der Waals surface area (Å²) in [6.07, 6.45) is 1.10. The zero-order valence-electron chi connectivity index (χ0n) is 11.4. The van der Waals surface area contributed by atoms with Crippen LogP contribution >= 0.6 is 22.9 Å². The number of rotatable bonds is 4. The first-order chi connectivity index (χ1) is 9.04. The summed E-state index contributed by atoms with van der Waals surface area (Å²) in [5.41, 5.74) is 2.94. The van der Waals surface area contributed by atoms with Crippen molar-refractivity contribution in [2.45, 2.75) is 33.1 Å². The van der Waals surface area contributed by atoms with Crippen molar-refractivity contribution in [3.63, 3.8) is 0 Å². The highest BCUT2D eigenvalue weighted by atomic mass is 35.5. The molecule has 0 aliphatic rings. The summed E-state index contributed by atoms with van der Waals surface area (Å²) >= 11 is 7.56. The lowest BCUT2D eigenvalue weighted by Gasteiger charge is -2.09. The second-order valence-corrected chi connectivity index (χ2v) is 6.08. The van der Waals surface area contributed by atoms with Crippen LogP contribution in [0.2, 0.25) is 5.02 Å². The van der Waals surface area contributed by atoms with Crippen molar-refractivity contribution in [3.8, 4) is 0 Å². The van der Waals surface area contributed by atoms with Crippen molar-refractivity contribution in [1.29, 1.82) is 0 Å². The molecule has 19 heavy (non-hydrogen) atoms. The maximum atomic E-state index is 12.4. The van der Waals surface area contributed by atoms with Gasteiger partial charge in [-0.1, -0.05) is 49.7 Å². The quantitative estimate of drug-likeness (QED) is 0.684. The minimum atomic E-state index is 0.0128. The number of carbonyl (C=O) groups is 1. The number of carbonyl (C=O) groups excluding carboxylic acids is 1. The maximum absolute atomic E-state index is 12.4. The third-order valence-corrected chi connectivity index (χ3v) is 5.16. The Kier molecular flexibility index (Phi) is 4.43. The fourth-order valence-electron chi connectivity index (χ4n) is 1.91. The zero-order chi connectivity index (χ0) is 14.0. The van der Waals surface area contributed by atoms with E-state index in [2.05, 4.69) is 13.8 Å². The number of halogens is 1. The highest BCUT2D eigenvalue weighted by Crippen LogP contribution is 2.29. The number of thiophene rings is 1. The van der Waals surface area contributed by atoms with E-state index in [-0.39, 0.29) is 5.78 Å². The van der Waals surface area contributed by atoms with Crippen LogP contribution in [-0.2, 0) is 0 Å². The van der Waals surface area contributed by atoms with Gasteiger partial charge in [-0.05, 0) is 35.8 Å². The molecule has 0 radical (unpaired) electrons. The Morgan fingerprint density at radius 1 is 1.32 bits per heavy atom. The molecule has 1 aromatic carbocycles. The van der Waals surface area contributed by atoms with Gasteiger partial charge in [-0.3, -0.25) is 4.79 Å². The van der Waals surface area contributed by atoms with Crippen LogP contribution in [-0.4, -0.2) is 5.78 Å². The first-order valence-electron chi connectivity index (χ1n) is 6.42. The molecule has 1 unspecified atom stereocenters. The maximum Gasteiger partial charge on any atom is 0.204 e. The molecule has 2 rings (SSSR count). The van der Waals surface area contributed by atoms with Gasteiger partial charge in [0.2, 0.25) is 5.78 Å². The molecule has 0 saturated carbocycles. The molecule has 2 aromatic rings. The molecule has 0 bridgehead atoms. The van der Waals surface area contributed by atoms with Gasteiger partial charge in [-0.25, -0.2) is 0 Å². The first kappa shape index (κ1) is 14.3. The van der Waals surface area contributed by atoms with Crippen molar-refractivity contribution in [2.75, 3.05) is 0 Å². The molecule has 0 aliphatic heterocycles. The van der Waals surface area contributed by atoms with E-state index in [9.17, 15) is 4.79 Å². The van der Waals surface area contributed by atoms with Gasteiger partial charge in [0.1, 0.15) is 0 Å². The summed E-state index contributed by atoms with van der Waals surface area (Å²) in [4.78, 5) is 13.0. The second kappa shape index (κ2) is 5.89. The highest BCUT2D eigenvalue weighted by molar-refractivity contribution is 7.13. The van der Waals surface area contributed by atoms with Crippen LogP contribution in [0.1, 0.15) is 52.5 Å². The van der Waals surface area contributed by atoms with Gasteiger partial charge in [0.25, 0.3) is 0 Å². The molecule has 1 heterocycles. The van der Waals surface area contributed by atoms with Gasteiger partial charge in [-0.15, -0.1) is 11.3 Å². The monoisotopic (exact) mass is 292 g/mol. The van der Waals surface area contributed by atoms with E-state index in [4.69, 9.17) is 11.6 Å². The topological polar surface area (TPSA) is 17.1 Å². The predicted octanol–water partition coefficient (Wildman–Crippen LogP) is 5.45. The Morgan fingerprint density at radius 2 is 1.95 bits per heavy atom. The van der Waals surface area contributed by atoms with Gasteiger partial charge in [0, 0.05) is 5.56 Å². The summed E-state index contributed by atoms with van der Waals surface area (Å²) in [5, 5.41) is 2.50. The number of ketones is 1. The van der Waals surface area contributed by atoms with E-state index in [1.165, 1.54) is 16.9 Å². The fourth-order valence-corrected chi connectivity index (χ4v) is 3.15. The van der Waals surface area contributed by atoms with Crippen molar-refractivity contribution < 1.29 is 4.79 Å². The standard InChI is InChI=1S/C16H17ClOS/c1-4-10(2)12-5-7-13(8-6-12)15(18)16-14(17)11(3)9-19-16/h5-10H,4H2,1-3H3. The molecule has 0 saturated heterocycles. The Bertz CT molecular complexity index is 583. The molecule has 3 heteroatoms. The van der Waals surface area contributed by atoms with Crippen molar-refractivity contribution >= 4 is 28.7 Å². The largest absolute Gasteiger partial charge is 0.288 e. The fraction of sp³-hybridized carbons (Fsp3) is 0.312. The van der Waals surface area contributed by atoms with E-state index < -0.39 is 0 Å². The number of hydrogen-bond donors (Lipinski definition) is 0. The SMILES string of the molecule is CCC(C)c1ccc(C(=O)c2scc(C)c2Cl)cc1. The van der Waals surface area contributed by atoms with Crippen molar-refractivity contribution in [3.05, 3.63) is 56.2 Å². The van der Waals surface area contributed by atoms with E-state index in [1.54, 1.807) is 0 Å². The van der Waals surface area contributed by atoms with Gasteiger partial charge in [0.05, 0.1) is 9.90 Å². The molecule has 1 aromatic heterocycles. The average Bonchev–Trinajstić information content (AvgIpc) is 2.77. The van der Waals surface area contributed by atoms with Gasteiger partial charge >= 0.3 is 0 Å². The van der Waals surface area contributed by atoms with Crippen LogP contribution in [0.25, 0.3) is 0 Å². The van der Waals surface area contributed by atoms with Gasteiger partial charge < -0.3 is 0 Å². The molecule has 0 aliphatic carbocycles. The molecule has 1 nitrogen and oxygen atoms in total. The highest BCUT2D eigenvalue weighted by Gasteiger charge is 2.16. The Hall–Kier alpha value is -1.12. The van der Waals surface area contributed by atoms with E-state index in [0.717, 1.165) is 12.0 Å². The minimum absolute atomic E-state index is 0.0128. The van der Waals surface area contributed by atoms with Crippen LogP contribution in [0.15, 0.2) is 29.6 Å². The van der Waals surface area contributed by atoms with E-state index >= 15 is 0 Å². The van der Waals surface area contributed by atoms with E-state index in [0.29, 0.717) is 21.4 Å². The Labute approximate surface area is 123 Å². The lowest BCUT2D eigenvalue weighted by molar-refractivity contribution is 0.104. The molecule has 100 valence electrons. The van der Waals surface area contributed by atoms with Crippen LogP contribution in [0.4, 0.5) is 0 Å². The minimum Gasteiger partial charge on any atom is -0.288 e. The summed E-state index contributed by atoms with van der Waals surface area (Å²) in [7, 11) is 0. The third kappa shape index (κ3) is 2.90. The smallest absolute Gasteiger partial charge is 0.204 e. The summed E-state index contributed by atoms with van der Waals surface area (Å²) < 4.78 is 0. The molecular formula is C16H17ClOS. The van der Waals surface area contributed by atoms with Crippen LogP contribution in [0.5, 0.6) is 0 Å².